The van der Waals surface area contributed by atoms with Crippen LogP contribution in [0, 0.1) is 0 Å². The number of halogens is 1. The first kappa shape index (κ1) is 14.5. The Morgan fingerprint density at radius 3 is 2.68 bits per heavy atom. The fourth-order valence-electron chi connectivity index (χ4n) is 1.69. The lowest BCUT2D eigenvalue weighted by Gasteiger charge is -2.17. The van der Waals surface area contributed by atoms with E-state index >= 15 is 0 Å². The molecular formula is C13H14ClNO2S2. The summed E-state index contributed by atoms with van der Waals surface area (Å²) in [7, 11) is -1.88. The maximum Gasteiger partial charge on any atom is 0.243 e. The fraction of sp³-hybridized carbons (Fsp3) is 0.231. The summed E-state index contributed by atoms with van der Waals surface area (Å²) in [4.78, 5) is 0.281. The molecule has 2 aromatic rings. The predicted octanol–water partition coefficient (Wildman–Crippen LogP) is 3.31. The molecule has 3 nitrogen and oxygen atoms in total. The third-order valence-electron chi connectivity index (χ3n) is 2.75. The lowest BCUT2D eigenvalue weighted by molar-refractivity contribution is 0.467. The van der Waals surface area contributed by atoms with E-state index in [1.165, 1.54) is 4.31 Å². The van der Waals surface area contributed by atoms with Crippen LogP contribution in [0.1, 0.15) is 11.1 Å². The van der Waals surface area contributed by atoms with Gasteiger partial charge in [0.1, 0.15) is 0 Å². The topological polar surface area (TPSA) is 37.4 Å². The molecule has 6 heteroatoms. The minimum atomic E-state index is -3.47. The van der Waals surface area contributed by atoms with Crippen LogP contribution in [0.3, 0.4) is 0 Å². The van der Waals surface area contributed by atoms with Crippen LogP contribution in [0.4, 0.5) is 0 Å². The van der Waals surface area contributed by atoms with Crippen molar-refractivity contribution in [3.63, 3.8) is 0 Å². The molecule has 1 aromatic heterocycles. The molecule has 0 radical (unpaired) electrons. The third kappa shape index (κ3) is 3.36. The molecule has 0 aliphatic rings. The van der Waals surface area contributed by atoms with E-state index in [-0.39, 0.29) is 4.90 Å². The molecule has 102 valence electrons. The van der Waals surface area contributed by atoms with E-state index < -0.39 is 10.0 Å². The zero-order valence-corrected chi connectivity index (χ0v) is 12.8. The van der Waals surface area contributed by atoms with Gasteiger partial charge in [-0.25, -0.2) is 8.42 Å². The molecule has 0 saturated carbocycles. The zero-order valence-electron chi connectivity index (χ0n) is 10.4. The molecule has 19 heavy (non-hydrogen) atoms. The Balaban J connectivity index is 2.25. The van der Waals surface area contributed by atoms with Crippen molar-refractivity contribution in [2.75, 3.05) is 7.05 Å². The third-order valence-corrected chi connectivity index (χ3v) is 5.59. The van der Waals surface area contributed by atoms with Gasteiger partial charge in [0, 0.05) is 19.5 Å². The summed E-state index contributed by atoms with van der Waals surface area (Å²) >= 11 is 7.29. The highest BCUT2D eigenvalue weighted by atomic mass is 35.5. The average Bonchev–Trinajstić information content (AvgIpc) is 2.91. The summed E-state index contributed by atoms with van der Waals surface area (Å²) in [6.07, 6.45) is 0. The van der Waals surface area contributed by atoms with Crippen LogP contribution in [-0.2, 0) is 22.4 Å². The van der Waals surface area contributed by atoms with Gasteiger partial charge >= 0.3 is 0 Å². The second-order valence-electron chi connectivity index (χ2n) is 4.17. The number of benzene rings is 1. The number of nitrogens with zero attached hydrogens (tertiary/aromatic N) is 1. The molecule has 0 saturated heterocycles. The second kappa shape index (κ2) is 6.05. The van der Waals surface area contributed by atoms with Gasteiger partial charge in [-0.1, -0.05) is 12.1 Å². The quantitative estimate of drug-likeness (QED) is 0.794. The SMILES string of the molecule is CN(Cc1ccsc1)S(=O)(=O)c1cccc(CCl)c1. The molecule has 1 heterocycles. The molecule has 0 aliphatic heterocycles. The van der Waals surface area contributed by atoms with Crippen molar-refractivity contribution in [3.05, 3.63) is 52.2 Å². The Morgan fingerprint density at radius 2 is 2.05 bits per heavy atom. The first-order chi connectivity index (χ1) is 9.04. The molecule has 0 amide bonds. The molecule has 0 spiro atoms. The lowest BCUT2D eigenvalue weighted by atomic mass is 10.2. The van der Waals surface area contributed by atoms with Crippen molar-refractivity contribution in [2.45, 2.75) is 17.3 Å². The summed E-state index contributed by atoms with van der Waals surface area (Å²) in [5, 5.41) is 3.88. The smallest absolute Gasteiger partial charge is 0.207 e. The van der Waals surface area contributed by atoms with Crippen molar-refractivity contribution in [2.24, 2.45) is 0 Å². The summed E-state index contributed by atoms with van der Waals surface area (Å²) in [5.74, 6) is 0.303. The number of alkyl halides is 1. The lowest BCUT2D eigenvalue weighted by Crippen LogP contribution is -2.26. The molecular weight excluding hydrogens is 302 g/mol. The van der Waals surface area contributed by atoms with E-state index in [4.69, 9.17) is 11.6 Å². The van der Waals surface area contributed by atoms with Crippen LogP contribution >= 0.6 is 22.9 Å². The van der Waals surface area contributed by atoms with Gasteiger partial charge in [-0.15, -0.1) is 11.6 Å². The maximum absolute atomic E-state index is 12.4. The van der Waals surface area contributed by atoms with Crippen LogP contribution in [-0.4, -0.2) is 19.8 Å². The molecule has 0 aliphatic carbocycles. The van der Waals surface area contributed by atoms with Gasteiger partial charge in [0.15, 0.2) is 0 Å². The van der Waals surface area contributed by atoms with Crippen molar-refractivity contribution < 1.29 is 8.42 Å². The fourth-order valence-corrected chi connectivity index (χ4v) is 3.75. The van der Waals surface area contributed by atoms with E-state index in [2.05, 4.69) is 0 Å². The van der Waals surface area contributed by atoms with Gasteiger partial charge in [0.2, 0.25) is 10.0 Å². The molecule has 2 rings (SSSR count). The minimum absolute atomic E-state index is 0.281. The van der Waals surface area contributed by atoms with Crippen LogP contribution in [0.2, 0.25) is 0 Å². The average molecular weight is 316 g/mol. The van der Waals surface area contributed by atoms with Crippen LogP contribution < -0.4 is 0 Å². The molecule has 1 aromatic carbocycles. The number of sulfonamides is 1. The molecule has 0 fully saturated rings. The van der Waals surface area contributed by atoms with E-state index in [0.29, 0.717) is 12.4 Å². The van der Waals surface area contributed by atoms with Crippen molar-refractivity contribution in [1.82, 2.24) is 4.31 Å². The van der Waals surface area contributed by atoms with E-state index in [1.807, 2.05) is 22.9 Å². The Labute approximate surface area is 122 Å². The first-order valence-corrected chi connectivity index (χ1v) is 8.58. The highest BCUT2D eigenvalue weighted by Crippen LogP contribution is 2.19. The van der Waals surface area contributed by atoms with Crippen molar-refractivity contribution in [3.8, 4) is 0 Å². The molecule has 0 bridgehead atoms. The Kier molecular flexibility index (Phi) is 4.62. The van der Waals surface area contributed by atoms with Gasteiger partial charge in [-0.05, 0) is 40.1 Å². The van der Waals surface area contributed by atoms with Gasteiger partial charge in [-0.3, -0.25) is 0 Å². The summed E-state index contributed by atoms with van der Waals surface area (Å²) in [5.41, 5.74) is 1.79. The van der Waals surface area contributed by atoms with Crippen LogP contribution in [0.5, 0.6) is 0 Å². The predicted molar refractivity (Wildman–Crippen MR) is 79.0 cm³/mol. The summed E-state index contributed by atoms with van der Waals surface area (Å²) in [6, 6.07) is 8.65. The minimum Gasteiger partial charge on any atom is -0.207 e. The Morgan fingerprint density at radius 1 is 1.26 bits per heavy atom. The van der Waals surface area contributed by atoms with Gasteiger partial charge in [-0.2, -0.15) is 15.6 Å². The summed E-state index contributed by atoms with van der Waals surface area (Å²) in [6.45, 7) is 0.372. The maximum atomic E-state index is 12.4. The number of rotatable bonds is 5. The highest BCUT2D eigenvalue weighted by Gasteiger charge is 2.21. The van der Waals surface area contributed by atoms with E-state index in [1.54, 1.807) is 36.6 Å². The van der Waals surface area contributed by atoms with E-state index in [9.17, 15) is 8.42 Å². The van der Waals surface area contributed by atoms with Crippen molar-refractivity contribution >= 4 is 33.0 Å². The van der Waals surface area contributed by atoms with Gasteiger partial charge < -0.3 is 0 Å². The Hall–Kier alpha value is -0.880. The summed E-state index contributed by atoms with van der Waals surface area (Å²) < 4.78 is 26.2. The number of thiophene rings is 1. The second-order valence-corrected chi connectivity index (χ2v) is 7.27. The zero-order chi connectivity index (χ0) is 13.9. The molecule has 0 atom stereocenters. The van der Waals surface area contributed by atoms with E-state index in [0.717, 1.165) is 11.1 Å². The van der Waals surface area contributed by atoms with Gasteiger partial charge in [0.05, 0.1) is 4.90 Å². The highest BCUT2D eigenvalue weighted by molar-refractivity contribution is 7.89. The van der Waals surface area contributed by atoms with Gasteiger partial charge in [0.25, 0.3) is 0 Å². The van der Waals surface area contributed by atoms with Crippen molar-refractivity contribution in [1.29, 1.82) is 0 Å². The molecule has 0 N–H and O–H groups in total. The monoisotopic (exact) mass is 315 g/mol. The normalized spacial score (nSPS) is 11.9. The van der Waals surface area contributed by atoms with Crippen LogP contribution in [0.25, 0.3) is 0 Å². The number of hydrogen-bond acceptors (Lipinski definition) is 3. The number of hydrogen-bond donors (Lipinski definition) is 0. The standard InChI is InChI=1S/C13H14ClNO2S2/c1-15(9-12-5-6-18-10-12)19(16,17)13-4-2-3-11(7-13)8-14/h2-7,10H,8-9H2,1H3. The first-order valence-electron chi connectivity index (χ1n) is 5.66. The largest absolute Gasteiger partial charge is 0.243 e. The molecule has 0 unspecified atom stereocenters. The Bertz CT molecular complexity index is 638. The van der Waals surface area contributed by atoms with Crippen LogP contribution in [0.15, 0.2) is 46.0 Å².